The molecule has 0 aliphatic heterocycles. The fourth-order valence-corrected chi connectivity index (χ4v) is 3.70. The molecule has 1 rings (SSSR count). The van der Waals surface area contributed by atoms with Gasteiger partial charge in [-0.3, -0.25) is 9.05 Å². The van der Waals surface area contributed by atoms with Gasteiger partial charge < -0.3 is 4.52 Å². The zero-order chi connectivity index (χ0) is 16.6. The Bertz CT molecular complexity index is 485. The van der Waals surface area contributed by atoms with Gasteiger partial charge in [0.2, 0.25) is 0 Å². The molecule has 0 saturated carbocycles. The monoisotopic (exact) mass is 584 g/mol. The highest BCUT2D eigenvalue weighted by Crippen LogP contribution is 2.50. The van der Waals surface area contributed by atoms with Gasteiger partial charge >= 0.3 is 7.82 Å². The summed E-state index contributed by atoms with van der Waals surface area (Å²) in [6.45, 7) is 2.28. The van der Waals surface area contributed by atoms with Crippen LogP contribution in [0.15, 0.2) is 24.3 Å². The van der Waals surface area contributed by atoms with Crippen LogP contribution in [0.1, 0.15) is 5.56 Å². The number of phosphoric ester groups is 1. The Balaban J connectivity index is 2.80. The lowest BCUT2D eigenvalue weighted by Gasteiger charge is -2.21. The van der Waals surface area contributed by atoms with E-state index in [0.29, 0.717) is 16.4 Å². The summed E-state index contributed by atoms with van der Waals surface area (Å²) in [5.74, 6) is 0.487. The molecule has 0 aliphatic carbocycles. The number of alkyl halides is 4. The van der Waals surface area contributed by atoms with E-state index in [1.54, 1.807) is 6.07 Å². The molecule has 0 spiro atoms. The zero-order valence-corrected chi connectivity index (χ0v) is 19.1. The summed E-state index contributed by atoms with van der Waals surface area (Å²) in [6.07, 6.45) is 0. The zero-order valence-electron chi connectivity index (χ0n) is 11.9. The average molecular weight is 588 g/mol. The van der Waals surface area contributed by atoms with E-state index in [9.17, 15) is 4.57 Å². The summed E-state index contributed by atoms with van der Waals surface area (Å²) in [5.41, 5.74) is 0.863. The second-order valence-electron chi connectivity index (χ2n) is 4.40. The normalized spacial score (nSPS) is 16.8. The van der Waals surface area contributed by atoms with Crippen molar-refractivity contribution in [2.75, 3.05) is 23.9 Å². The van der Waals surface area contributed by atoms with Gasteiger partial charge in [-0.25, -0.2) is 4.57 Å². The van der Waals surface area contributed by atoms with Crippen molar-refractivity contribution in [1.29, 1.82) is 0 Å². The number of para-hydroxylation sites is 1. The van der Waals surface area contributed by atoms with Crippen LogP contribution in [0.5, 0.6) is 5.75 Å². The molecule has 22 heavy (non-hydrogen) atoms. The fourth-order valence-electron chi connectivity index (χ4n) is 1.30. The van der Waals surface area contributed by atoms with Crippen LogP contribution >= 0.6 is 71.5 Å². The van der Waals surface area contributed by atoms with Crippen LogP contribution in [0.3, 0.4) is 0 Å². The molecule has 0 saturated heterocycles. The largest absolute Gasteiger partial charge is 0.530 e. The van der Waals surface area contributed by atoms with Crippen molar-refractivity contribution < 1.29 is 18.1 Å². The fraction of sp³-hybridized carbons (Fsp3) is 0.538. The first-order chi connectivity index (χ1) is 10.4. The predicted octanol–water partition coefficient (Wildman–Crippen LogP) is 5.83. The minimum Gasteiger partial charge on any atom is -0.404 e. The summed E-state index contributed by atoms with van der Waals surface area (Å²) < 4.78 is 29.3. The Morgan fingerprint density at radius 2 is 1.55 bits per heavy atom. The number of hydrogen-bond donors (Lipinski definition) is 0. The Hall–Kier alpha value is 1.09. The highest BCUT2D eigenvalue weighted by Gasteiger charge is 2.31. The molecule has 0 N–H and O–H groups in total. The summed E-state index contributed by atoms with van der Waals surface area (Å²) in [7, 11) is -3.70. The number of benzene rings is 1. The summed E-state index contributed by atoms with van der Waals surface area (Å²) >= 11 is 13.4. The van der Waals surface area contributed by atoms with Gasteiger partial charge in [0, 0.05) is 20.3 Å². The lowest BCUT2D eigenvalue weighted by atomic mass is 10.2. The van der Waals surface area contributed by atoms with E-state index in [-0.39, 0.29) is 22.9 Å². The number of rotatable bonds is 10. The number of aryl methyl sites for hydroxylation is 1. The van der Waals surface area contributed by atoms with E-state index < -0.39 is 7.82 Å². The maximum absolute atomic E-state index is 12.8. The van der Waals surface area contributed by atoms with Crippen molar-refractivity contribution in [3.8, 4) is 5.75 Å². The van der Waals surface area contributed by atoms with Gasteiger partial charge in [0.15, 0.2) is 0 Å². The molecule has 1 aromatic carbocycles. The molecule has 9 heteroatoms. The second kappa shape index (κ2) is 10.9. The standard InChI is InChI=1S/C13H17Br4O4P/c1-10-4-2-3-5-13(10)21-22(18,19-8-11(16)6-14)20-9-12(17)7-15/h2-5,11-12H,6-9H2,1H3. The van der Waals surface area contributed by atoms with Gasteiger partial charge in [-0.15, -0.1) is 0 Å². The van der Waals surface area contributed by atoms with Gasteiger partial charge in [-0.2, -0.15) is 0 Å². The Labute approximate surface area is 164 Å². The molecule has 0 heterocycles. The smallest absolute Gasteiger partial charge is 0.404 e. The Kier molecular flexibility index (Phi) is 10.4. The van der Waals surface area contributed by atoms with Crippen LogP contribution in [0.25, 0.3) is 0 Å². The lowest BCUT2D eigenvalue weighted by Crippen LogP contribution is -2.15. The van der Waals surface area contributed by atoms with Crippen LogP contribution in [-0.4, -0.2) is 33.5 Å². The van der Waals surface area contributed by atoms with Crippen molar-refractivity contribution >= 4 is 71.5 Å². The highest BCUT2D eigenvalue weighted by atomic mass is 79.9. The molecule has 126 valence electrons. The maximum atomic E-state index is 12.8. The lowest BCUT2D eigenvalue weighted by molar-refractivity contribution is 0.159. The Morgan fingerprint density at radius 3 is 2.00 bits per heavy atom. The van der Waals surface area contributed by atoms with Gasteiger partial charge in [0.1, 0.15) is 5.75 Å². The third kappa shape index (κ3) is 7.77. The maximum Gasteiger partial charge on any atom is 0.530 e. The summed E-state index contributed by atoms with van der Waals surface area (Å²) in [4.78, 5) is 0.0293. The molecule has 1 aromatic rings. The van der Waals surface area contributed by atoms with E-state index in [2.05, 4.69) is 63.7 Å². The van der Waals surface area contributed by atoms with Gasteiger partial charge in [0.05, 0.1) is 13.2 Å². The highest BCUT2D eigenvalue weighted by molar-refractivity contribution is 9.12. The summed E-state index contributed by atoms with van der Waals surface area (Å²) in [6, 6.07) is 7.30. The first-order valence-corrected chi connectivity index (χ1v) is 12.0. The quantitative estimate of drug-likeness (QED) is 0.255. The molecule has 0 bridgehead atoms. The second-order valence-corrected chi connectivity index (χ2v) is 9.88. The van der Waals surface area contributed by atoms with Crippen LogP contribution in [0, 0.1) is 6.92 Å². The van der Waals surface area contributed by atoms with E-state index in [0.717, 1.165) is 5.56 Å². The van der Waals surface area contributed by atoms with E-state index in [4.69, 9.17) is 13.6 Å². The number of halogens is 4. The van der Waals surface area contributed by atoms with E-state index >= 15 is 0 Å². The third-order valence-electron chi connectivity index (χ3n) is 2.47. The van der Waals surface area contributed by atoms with Crippen molar-refractivity contribution in [3.63, 3.8) is 0 Å². The molecular formula is C13H17Br4O4P. The van der Waals surface area contributed by atoms with Crippen molar-refractivity contribution in [2.24, 2.45) is 0 Å². The van der Waals surface area contributed by atoms with Crippen molar-refractivity contribution in [1.82, 2.24) is 0 Å². The average Bonchev–Trinajstić information content (AvgIpc) is 2.52. The molecule has 0 aromatic heterocycles. The molecule has 0 aliphatic rings. The minimum absolute atomic E-state index is 0.0147. The number of phosphoric acid groups is 1. The Morgan fingerprint density at radius 1 is 1.05 bits per heavy atom. The van der Waals surface area contributed by atoms with Crippen molar-refractivity contribution in [3.05, 3.63) is 29.8 Å². The molecule has 0 radical (unpaired) electrons. The van der Waals surface area contributed by atoms with Crippen LogP contribution in [0.2, 0.25) is 0 Å². The molecular weight excluding hydrogens is 571 g/mol. The first kappa shape index (κ1) is 21.1. The van der Waals surface area contributed by atoms with E-state index in [1.807, 2.05) is 25.1 Å². The third-order valence-corrected chi connectivity index (χ3v) is 8.29. The van der Waals surface area contributed by atoms with Crippen LogP contribution in [-0.2, 0) is 13.6 Å². The number of hydrogen-bond acceptors (Lipinski definition) is 4. The topological polar surface area (TPSA) is 44.8 Å². The van der Waals surface area contributed by atoms with E-state index in [1.165, 1.54) is 0 Å². The molecule has 2 atom stereocenters. The molecule has 0 amide bonds. The van der Waals surface area contributed by atoms with Crippen LogP contribution < -0.4 is 4.52 Å². The molecule has 2 unspecified atom stereocenters. The predicted molar refractivity (Wildman–Crippen MR) is 104 cm³/mol. The van der Waals surface area contributed by atoms with Gasteiger partial charge in [-0.1, -0.05) is 81.9 Å². The van der Waals surface area contributed by atoms with Gasteiger partial charge in [-0.05, 0) is 18.6 Å². The van der Waals surface area contributed by atoms with Crippen molar-refractivity contribution in [2.45, 2.75) is 16.6 Å². The van der Waals surface area contributed by atoms with Gasteiger partial charge in [0.25, 0.3) is 0 Å². The molecule has 4 nitrogen and oxygen atoms in total. The minimum atomic E-state index is -3.70. The first-order valence-electron chi connectivity index (χ1n) is 6.44. The van der Waals surface area contributed by atoms with Crippen LogP contribution in [0.4, 0.5) is 0 Å². The molecule has 0 fully saturated rings. The summed E-state index contributed by atoms with van der Waals surface area (Å²) in [5, 5.41) is 1.33. The SMILES string of the molecule is Cc1ccccc1OP(=O)(OCC(Br)CBr)OCC(Br)CBr.